The van der Waals surface area contributed by atoms with E-state index in [1.165, 1.54) is 4.90 Å². The molecular formula is C27H28Cl2N2O6. The van der Waals surface area contributed by atoms with E-state index in [-0.39, 0.29) is 31.5 Å². The fourth-order valence-electron chi connectivity index (χ4n) is 5.31. The summed E-state index contributed by atoms with van der Waals surface area (Å²) in [5.41, 5.74) is 1.88. The second-order valence-corrected chi connectivity index (χ2v) is 10.2. The van der Waals surface area contributed by atoms with Crippen LogP contribution in [0.2, 0.25) is 10.0 Å². The third-order valence-electron chi connectivity index (χ3n) is 7.06. The summed E-state index contributed by atoms with van der Waals surface area (Å²) in [6, 6.07) is 11.6. The van der Waals surface area contributed by atoms with Gasteiger partial charge in [0.1, 0.15) is 24.1 Å². The van der Waals surface area contributed by atoms with Crippen LogP contribution in [-0.2, 0) is 20.9 Å². The SMILES string of the molecule is O=C(NCCO)C1=C[C@@H](N(Cc2ccc(Cl)c(Cl)c2)C(=O)C2CCCO2)[C@H](O)[C@H]2Oc3ccccc3[C@@H]12. The van der Waals surface area contributed by atoms with Crippen molar-refractivity contribution >= 4 is 35.0 Å². The van der Waals surface area contributed by atoms with E-state index in [2.05, 4.69) is 5.32 Å². The summed E-state index contributed by atoms with van der Waals surface area (Å²) in [5, 5.41) is 24.3. The molecule has 37 heavy (non-hydrogen) atoms. The molecule has 1 unspecified atom stereocenters. The van der Waals surface area contributed by atoms with E-state index in [9.17, 15) is 19.8 Å². The third kappa shape index (κ3) is 5.09. The first kappa shape index (κ1) is 26.0. The minimum atomic E-state index is -1.13. The van der Waals surface area contributed by atoms with E-state index in [1.807, 2.05) is 18.2 Å². The number of fused-ring (bicyclic) bond motifs is 3. The average molecular weight is 547 g/mol. The molecule has 2 aliphatic heterocycles. The van der Waals surface area contributed by atoms with E-state index >= 15 is 0 Å². The molecule has 196 valence electrons. The highest BCUT2D eigenvalue weighted by atomic mass is 35.5. The Bertz CT molecular complexity index is 1220. The molecule has 8 nitrogen and oxygen atoms in total. The Kier molecular flexibility index (Phi) is 7.74. The summed E-state index contributed by atoms with van der Waals surface area (Å²) in [6.07, 6.45) is 0.429. The Balaban J connectivity index is 1.56. The van der Waals surface area contributed by atoms with Gasteiger partial charge in [0.15, 0.2) is 0 Å². The Morgan fingerprint density at radius 1 is 1.14 bits per heavy atom. The molecule has 3 aliphatic rings. The molecule has 1 fully saturated rings. The van der Waals surface area contributed by atoms with Crippen LogP contribution in [0.15, 0.2) is 54.1 Å². The van der Waals surface area contributed by atoms with Crippen LogP contribution < -0.4 is 10.1 Å². The first-order chi connectivity index (χ1) is 17.9. The van der Waals surface area contributed by atoms with Gasteiger partial charge in [-0.05, 0) is 42.7 Å². The van der Waals surface area contributed by atoms with Gasteiger partial charge in [0.25, 0.3) is 5.91 Å². The number of aliphatic hydroxyl groups excluding tert-OH is 2. The van der Waals surface area contributed by atoms with Gasteiger partial charge >= 0.3 is 0 Å². The fraction of sp³-hybridized carbons (Fsp3) is 0.407. The lowest BCUT2D eigenvalue weighted by Gasteiger charge is -2.41. The number of para-hydroxylation sites is 1. The largest absolute Gasteiger partial charge is 0.486 e. The lowest BCUT2D eigenvalue weighted by atomic mass is 9.77. The lowest BCUT2D eigenvalue weighted by molar-refractivity contribution is -0.147. The molecule has 0 radical (unpaired) electrons. The molecule has 2 aromatic rings. The molecule has 0 spiro atoms. The van der Waals surface area contributed by atoms with E-state index in [1.54, 1.807) is 30.3 Å². The van der Waals surface area contributed by atoms with E-state index in [4.69, 9.17) is 32.7 Å². The molecule has 10 heteroatoms. The number of aliphatic hydroxyl groups is 2. The van der Waals surface area contributed by atoms with Crippen LogP contribution in [0.1, 0.15) is 29.9 Å². The van der Waals surface area contributed by atoms with Crippen molar-refractivity contribution in [2.24, 2.45) is 0 Å². The van der Waals surface area contributed by atoms with Crippen LogP contribution in [0.3, 0.4) is 0 Å². The summed E-state index contributed by atoms with van der Waals surface area (Å²) in [4.78, 5) is 28.5. The van der Waals surface area contributed by atoms with Crippen molar-refractivity contribution in [1.29, 1.82) is 0 Å². The zero-order valence-corrected chi connectivity index (χ0v) is 21.5. The van der Waals surface area contributed by atoms with Crippen molar-refractivity contribution in [1.82, 2.24) is 10.2 Å². The zero-order valence-electron chi connectivity index (χ0n) is 20.0. The van der Waals surface area contributed by atoms with Crippen LogP contribution in [0, 0.1) is 0 Å². The molecule has 0 saturated carbocycles. The fourth-order valence-corrected chi connectivity index (χ4v) is 5.63. The number of benzene rings is 2. The highest BCUT2D eigenvalue weighted by Gasteiger charge is 2.51. The van der Waals surface area contributed by atoms with E-state index in [0.717, 1.165) is 12.0 Å². The van der Waals surface area contributed by atoms with Gasteiger partial charge in [-0.15, -0.1) is 0 Å². The predicted octanol–water partition coefficient (Wildman–Crippen LogP) is 2.82. The summed E-state index contributed by atoms with van der Waals surface area (Å²) in [5.74, 6) is -0.612. The number of hydrogen-bond acceptors (Lipinski definition) is 6. The Hall–Kier alpha value is -2.62. The lowest BCUT2D eigenvalue weighted by Crippen LogP contribution is -2.57. The van der Waals surface area contributed by atoms with Gasteiger partial charge in [0, 0.05) is 30.8 Å². The van der Waals surface area contributed by atoms with Crippen LogP contribution in [-0.4, -0.2) is 71.0 Å². The second-order valence-electron chi connectivity index (χ2n) is 9.40. The number of hydrogen-bond donors (Lipinski definition) is 3. The smallest absolute Gasteiger partial charge is 0.252 e. The summed E-state index contributed by atoms with van der Waals surface area (Å²) in [7, 11) is 0. The standard InChI is InChI=1S/C27H28Cl2N2O6/c28-18-8-7-15(12-19(18)29)14-31(27(35)22-6-3-11-36-22)20-13-17(26(34)30-9-10-32)23-16-4-1-2-5-21(16)37-25(23)24(20)33/h1-2,4-5,7-8,12-13,20,22-25,32-33H,3,6,9-11,14H2,(H,30,34)/t20-,22?,23+,24+,25+/m1/s1. The second kappa shape index (κ2) is 11.0. The minimum Gasteiger partial charge on any atom is -0.486 e. The predicted molar refractivity (Wildman–Crippen MR) is 138 cm³/mol. The van der Waals surface area contributed by atoms with Crippen LogP contribution in [0.5, 0.6) is 5.75 Å². The van der Waals surface area contributed by atoms with Crippen molar-refractivity contribution in [3.63, 3.8) is 0 Å². The molecule has 2 heterocycles. The van der Waals surface area contributed by atoms with Crippen molar-refractivity contribution < 1.29 is 29.3 Å². The normalized spacial score (nSPS) is 26.1. The van der Waals surface area contributed by atoms with Crippen molar-refractivity contribution in [2.75, 3.05) is 19.8 Å². The number of amides is 2. The maximum absolute atomic E-state index is 13.7. The van der Waals surface area contributed by atoms with Crippen LogP contribution >= 0.6 is 23.2 Å². The highest BCUT2D eigenvalue weighted by Crippen LogP contribution is 2.47. The van der Waals surface area contributed by atoms with Gasteiger partial charge < -0.3 is 29.9 Å². The zero-order chi connectivity index (χ0) is 26.1. The molecule has 2 amide bonds. The third-order valence-corrected chi connectivity index (χ3v) is 7.80. The number of nitrogens with one attached hydrogen (secondary N) is 1. The van der Waals surface area contributed by atoms with Gasteiger partial charge in [0.05, 0.1) is 28.6 Å². The number of halogens is 2. The van der Waals surface area contributed by atoms with Crippen molar-refractivity contribution in [2.45, 2.75) is 49.7 Å². The number of carbonyl (C=O) groups is 2. The molecule has 0 aromatic heterocycles. The van der Waals surface area contributed by atoms with Gasteiger partial charge in [0.2, 0.25) is 5.91 Å². The topological polar surface area (TPSA) is 108 Å². The van der Waals surface area contributed by atoms with Crippen LogP contribution in [0.4, 0.5) is 0 Å². The Morgan fingerprint density at radius 2 is 1.95 bits per heavy atom. The number of ether oxygens (including phenoxy) is 2. The molecule has 5 atom stereocenters. The summed E-state index contributed by atoms with van der Waals surface area (Å²) in [6.45, 7) is 0.458. The molecule has 0 bridgehead atoms. The number of nitrogens with zero attached hydrogens (tertiary/aromatic N) is 1. The first-order valence-corrected chi connectivity index (χ1v) is 13.0. The molecule has 1 saturated heterocycles. The first-order valence-electron chi connectivity index (χ1n) is 12.3. The quantitative estimate of drug-likeness (QED) is 0.492. The van der Waals surface area contributed by atoms with Crippen molar-refractivity contribution in [3.05, 3.63) is 75.3 Å². The summed E-state index contributed by atoms with van der Waals surface area (Å²) >= 11 is 12.3. The van der Waals surface area contributed by atoms with E-state index < -0.39 is 30.3 Å². The molecule has 2 aromatic carbocycles. The molecular weight excluding hydrogens is 519 g/mol. The Morgan fingerprint density at radius 3 is 2.68 bits per heavy atom. The number of carbonyl (C=O) groups excluding carboxylic acids is 2. The maximum Gasteiger partial charge on any atom is 0.252 e. The minimum absolute atomic E-state index is 0.0745. The monoisotopic (exact) mass is 546 g/mol. The maximum atomic E-state index is 13.7. The van der Waals surface area contributed by atoms with Crippen molar-refractivity contribution in [3.8, 4) is 5.75 Å². The Labute approximate surface area is 224 Å². The molecule has 3 N–H and O–H groups in total. The van der Waals surface area contributed by atoms with Gasteiger partial charge in [-0.3, -0.25) is 9.59 Å². The molecule has 1 aliphatic carbocycles. The van der Waals surface area contributed by atoms with Crippen LogP contribution in [0.25, 0.3) is 0 Å². The van der Waals surface area contributed by atoms with E-state index in [0.29, 0.717) is 40.0 Å². The highest BCUT2D eigenvalue weighted by molar-refractivity contribution is 6.42. The van der Waals surface area contributed by atoms with Gasteiger partial charge in [-0.1, -0.05) is 47.5 Å². The summed E-state index contributed by atoms with van der Waals surface area (Å²) < 4.78 is 11.8. The number of rotatable bonds is 7. The van der Waals surface area contributed by atoms with Gasteiger partial charge in [-0.25, -0.2) is 0 Å². The molecule has 5 rings (SSSR count). The average Bonchev–Trinajstić information content (AvgIpc) is 3.57. The van der Waals surface area contributed by atoms with Gasteiger partial charge in [-0.2, -0.15) is 0 Å².